The lowest BCUT2D eigenvalue weighted by Gasteiger charge is -2.12. The van der Waals surface area contributed by atoms with E-state index in [-0.39, 0.29) is 5.56 Å². The highest BCUT2D eigenvalue weighted by Gasteiger charge is 2.17. The van der Waals surface area contributed by atoms with Crippen LogP contribution in [0.5, 0.6) is 11.5 Å². The second kappa shape index (κ2) is 6.24. The van der Waals surface area contributed by atoms with Gasteiger partial charge in [0.2, 0.25) is 0 Å². The molecule has 0 aliphatic heterocycles. The number of ether oxygens (including phenoxy) is 2. The van der Waals surface area contributed by atoms with E-state index < -0.39 is 5.97 Å². The fourth-order valence-electron chi connectivity index (χ4n) is 1.95. The molecule has 6 heteroatoms. The first-order valence-electron chi connectivity index (χ1n) is 5.92. The Morgan fingerprint density at radius 2 is 1.71 bits per heavy atom. The maximum atomic E-state index is 11.4. The molecule has 4 nitrogen and oxygen atoms in total. The van der Waals surface area contributed by atoms with E-state index in [0.717, 1.165) is 0 Å². The predicted molar refractivity (Wildman–Crippen MR) is 82.0 cm³/mol. The van der Waals surface area contributed by atoms with Crippen LogP contribution in [0.1, 0.15) is 10.4 Å². The van der Waals surface area contributed by atoms with Gasteiger partial charge in [-0.25, -0.2) is 4.79 Å². The predicted octanol–water partition coefficient (Wildman–Crippen LogP) is 4.38. The fraction of sp³-hybridized carbons (Fsp3) is 0.133. The zero-order chi connectivity index (χ0) is 15.6. The minimum Gasteiger partial charge on any atom is -0.497 e. The second-order valence-electron chi connectivity index (χ2n) is 4.18. The Morgan fingerprint density at radius 3 is 2.29 bits per heavy atom. The zero-order valence-corrected chi connectivity index (χ0v) is 12.8. The van der Waals surface area contributed by atoms with E-state index in [1.807, 2.05) is 0 Å². The summed E-state index contributed by atoms with van der Waals surface area (Å²) < 4.78 is 10.1. The topological polar surface area (TPSA) is 55.8 Å². The Morgan fingerprint density at radius 1 is 1.00 bits per heavy atom. The molecule has 1 N–H and O–H groups in total. The van der Waals surface area contributed by atoms with E-state index in [2.05, 4.69) is 0 Å². The molecular weight excluding hydrogens is 315 g/mol. The van der Waals surface area contributed by atoms with Crippen LogP contribution in [0.25, 0.3) is 11.1 Å². The van der Waals surface area contributed by atoms with Crippen molar-refractivity contribution in [3.63, 3.8) is 0 Å². The van der Waals surface area contributed by atoms with Crippen LogP contribution in [0, 0.1) is 0 Å². The maximum absolute atomic E-state index is 11.4. The number of rotatable bonds is 4. The third-order valence-corrected chi connectivity index (χ3v) is 3.60. The number of methoxy groups -OCH3 is 2. The van der Waals surface area contributed by atoms with Gasteiger partial charge in [-0.3, -0.25) is 0 Å². The molecule has 0 radical (unpaired) electrons. The Labute approximate surface area is 131 Å². The van der Waals surface area contributed by atoms with E-state index in [0.29, 0.717) is 32.7 Å². The molecule has 0 atom stereocenters. The summed E-state index contributed by atoms with van der Waals surface area (Å²) in [6.45, 7) is 0. The Kier molecular flexibility index (Phi) is 4.60. The summed E-state index contributed by atoms with van der Waals surface area (Å²) in [5.41, 5.74) is 1.05. The van der Waals surface area contributed by atoms with Crippen molar-refractivity contribution < 1.29 is 19.4 Å². The first-order chi connectivity index (χ1) is 9.97. The number of carboxylic acid groups (broad SMARTS) is 1. The SMILES string of the molecule is COc1ccc(-c2cc(Cl)c(OC)cc2Cl)c(C(=O)O)c1. The zero-order valence-electron chi connectivity index (χ0n) is 11.3. The van der Waals surface area contributed by atoms with Gasteiger partial charge in [-0.1, -0.05) is 23.2 Å². The van der Waals surface area contributed by atoms with E-state index >= 15 is 0 Å². The van der Waals surface area contributed by atoms with Crippen molar-refractivity contribution in [2.75, 3.05) is 14.2 Å². The van der Waals surface area contributed by atoms with Crippen LogP contribution in [0.3, 0.4) is 0 Å². The van der Waals surface area contributed by atoms with Crippen molar-refractivity contribution in [3.05, 3.63) is 45.9 Å². The van der Waals surface area contributed by atoms with Crippen LogP contribution in [0.2, 0.25) is 10.0 Å². The highest BCUT2D eigenvalue weighted by atomic mass is 35.5. The number of carboxylic acids is 1. The number of hydrogen-bond donors (Lipinski definition) is 1. The van der Waals surface area contributed by atoms with E-state index in [1.165, 1.54) is 20.3 Å². The van der Waals surface area contributed by atoms with Crippen molar-refractivity contribution in [1.82, 2.24) is 0 Å². The van der Waals surface area contributed by atoms with E-state index in [4.69, 9.17) is 32.7 Å². The first kappa shape index (κ1) is 15.5. The third-order valence-electron chi connectivity index (χ3n) is 2.99. The van der Waals surface area contributed by atoms with E-state index in [9.17, 15) is 9.90 Å². The standard InChI is InChI=1S/C15H12Cl2O4/c1-20-8-3-4-9(11(5-8)15(18)19)10-6-13(17)14(21-2)7-12(10)16/h3-7H,1-2H3,(H,18,19). The summed E-state index contributed by atoms with van der Waals surface area (Å²) in [7, 11) is 2.95. The lowest BCUT2D eigenvalue weighted by atomic mass is 9.99. The van der Waals surface area contributed by atoms with Gasteiger partial charge in [0.15, 0.2) is 0 Å². The third kappa shape index (κ3) is 3.06. The van der Waals surface area contributed by atoms with Crippen molar-refractivity contribution in [1.29, 1.82) is 0 Å². The van der Waals surface area contributed by atoms with Crippen LogP contribution >= 0.6 is 23.2 Å². The quantitative estimate of drug-likeness (QED) is 0.906. The van der Waals surface area contributed by atoms with Crippen LogP contribution in [0.4, 0.5) is 0 Å². The van der Waals surface area contributed by atoms with Gasteiger partial charge >= 0.3 is 5.97 Å². The number of carbonyl (C=O) groups is 1. The lowest BCUT2D eigenvalue weighted by molar-refractivity contribution is 0.0697. The Hall–Kier alpha value is -1.91. The largest absolute Gasteiger partial charge is 0.497 e. The number of hydrogen-bond acceptors (Lipinski definition) is 3. The minimum atomic E-state index is -1.08. The molecule has 0 amide bonds. The molecule has 0 unspecified atom stereocenters. The van der Waals surface area contributed by atoms with Gasteiger partial charge in [0.25, 0.3) is 0 Å². The number of benzene rings is 2. The van der Waals surface area contributed by atoms with Gasteiger partial charge in [-0.05, 0) is 29.8 Å². The van der Waals surface area contributed by atoms with Gasteiger partial charge in [0.05, 0.1) is 29.8 Å². The molecule has 0 aliphatic rings. The maximum Gasteiger partial charge on any atom is 0.336 e. The average molecular weight is 327 g/mol. The van der Waals surface area contributed by atoms with Crippen LogP contribution in [-0.2, 0) is 0 Å². The summed E-state index contributed by atoms with van der Waals surface area (Å²) in [5.74, 6) is -0.199. The Balaban J connectivity index is 2.66. The fourth-order valence-corrected chi connectivity index (χ4v) is 2.45. The normalized spacial score (nSPS) is 10.3. The lowest BCUT2D eigenvalue weighted by Crippen LogP contribution is -2.01. The van der Waals surface area contributed by atoms with Gasteiger partial charge < -0.3 is 14.6 Å². The molecule has 2 rings (SSSR count). The van der Waals surface area contributed by atoms with E-state index in [1.54, 1.807) is 24.3 Å². The van der Waals surface area contributed by atoms with Gasteiger partial charge in [-0.15, -0.1) is 0 Å². The van der Waals surface area contributed by atoms with Crippen molar-refractivity contribution in [3.8, 4) is 22.6 Å². The van der Waals surface area contributed by atoms with Gasteiger partial charge in [-0.2, -0.15) is 0 Å². The molecule has 0 aromatic heterocycles. The van der Waals surface area contributed by atoms with Gasteiger partial charge in [0.1, 0.15) is 11.5 Å². The first-order valence-corrected chi connectivity index (χ1v) is 6.68. The van der Waals surface area contributed by atoms with Crippen molar-refractivity contribution in [2.45, 2.75) is 0 Å². The van der Waals surface area contributed by atoms with Crippen molar-refractivity contribution in [2.24, 2.45) is 0 Å². The Bertz CT molecular complexity index is 698. The number of aromatic carboxylic acids is 1. The monoisotopic (exact) mass is 326 g/mol. The summed E-state index contributed by atoms with van der Waals surface area (Å²) in [6.07, 6.45) is 0. The highest BCUT2D eigenvalue weighted by Crippen LogP contribution is 2.38. The molecule has 0 aliphatic carbocycles. The molecule has 2 aromatic carbocycles. The van der Waals surface area contributed by atoms with Crippen LogP contribution < -0.4 is 9.47 Å². The van der Waals surface area contributed by atoms with Crippen LogP contribution in [-0.4, -0.2) is 25.3 Å². The molecule has 0 spiro atoms. The smallest absolute Gasteiger partial charge is 0.336 e. The molecule has 0 heterocycles. The molecule has 0 fully saturated rings. The molecule has 0 bridgehead atoms. The number of halogens is 2. The summed E-state index contributed by atoms with van der Waals surface area (Å²) >= 11 is 12.3. The minimum absolute atomic E-state index is 0.0810. The highest BCUT2D eigenvalue weighted by molar-refractivity contribution is 6.36. The molecule has 0 saturated heterocycles. The molecule has 110 valence electrons. The average Bonchev–Trinajstić information content (AvgIpc) is 2.48. The summed E-state index contributed by atoms with van der Waals surface area (Å²) in [4.78, 5) is 11.4. The second-order valence-corrected chi connectivity index (χ2v) is 5.00. The van der Waals surface area contributed by atoms with Crippen LogP contribution in [0.15, 0.2) is 30.3 Å². The van der Waals surface area contributed by atoms with Crippen molar-refractivity contribution >= 4 is 29.2 Å². The summed E-state index contributed by atoms with van der Waals surface area (Å²) in [6, 6.07) is 7.86. The molecular formula is C15H12Cl2O4. The molecule has 21 heavy (non-hydrogen) atoms. The molecule has 2 aromatic rings. The molecule has 0 saturated carbocycles. The van der Waals surface area contributed by atoms with Gasteiger partial charge in [0, 0.05) is 11.6 Å². The summed E-state index contributed by atoms with van der Waals surface area (Å²) in [5, 5.41) is 10.1.